The zero-order valence-electron chi connectivity index (χ0n) is 32.3. The Morgan fingerprint density at radius 1 is 0.911 bits per heavy atom. The minimum Gasteiger partial charge on any atom is -0.493 e. The van der Waals surface area contributed by atoms with E-state index in [0.717, 1.165) is 54.7 Å². The van der Waals surface area contributed by atoms with Gasteiger partial charge in [-0.25, -0.2) is 0 Å². The zero-order chi connectivity index (χ0) is 39.0. The highest BCUT2D eigenvalue weighted by molar-refractivity contribution is 6.32. The van der Waals surface area contributed by atoms with Crippen LogP contribution in [-0.2, 0) is 24.4 Å². The molecule has 56 heavy (non-hydrogen) atoms. The SMILES string of the molecule is Cc1c(OCCCN2CCCC[C@@H]2C)cccc1-c1cccc2c1CC[C@@H]2Oc1cc(OCc2cc(C#N)cc(C#N)c2)c(CN[C@H]2CCC(=O)NC2)cc1Cl. The fraction of sp³-hybridized carbons (Fsp3) is 0.413. The second-order valence-corrected chi connectivity index (χ2v) is 15.7. The lowest BCUT2D eigenvalue weighted by Gasteiger charge is -2.33. The van der Waals surface area contributed by atoms with Crippen molar-refractivity contribution in [2.75, 3.05) is 26.2 Å². The van der Waals surface area contributed by atoms with Gasteiger partial charge in [0.2, 0.25) is 5.91 Å². The highest BCUT2D eigenvalue weighted by Crippen LogP contribution is 2.44. The molecule has 1 amide bonds. The summed E-state index contributed by atoms with van der Waals surface area (Å²) in [6.45, 7) is 8.62. The Morgan fingerprint density at radius 3 is 2.48 bits per heavy atom. The van der Waals surface area contributed by atoms with Crippen molar-refractivity contribution in [3.8, 4) is 40.5 Å². The van der Waals surface area contributed by atoms with E-state index in [4.69, 9.17) is 25.8 Å². The van der Waals surface area contributed by atoms with Crippen LogP contribution in [0.2, 0.25) is 5.02 Å². The molecule has 9 nitrogen and oxygen atoms in total. The molecule has 0 radical (unpaired) electrons. The highest BCUT2D eigenvalue weighted by atomic mass is 35.5. The fourth-order valence-corrected chi connectivity index (χ4v) is 8.54. The molecular weight excluding hydrogens is 722 g/mol. The molecule has 0 spiro atoms. The van der Waals surface area contributed by atoms with Crippen LogP contribution in [0.4, 0.5) is 0 Å². The van der Waals surface area contributed by atoms with Gasteiger partial charge in [-0.2, -0.15) is 10.5 Å². The Morgan fingerprint density at radius 2 is 1.71 bits per heavy atom. The summed E-state index contributed by atoms with van der Waals surface area (Å²) in [4.78, 5) is 14.3. The van der Waals surface area contributed by atoms with Crippen LogP contribution in [0.1, 0.15) is 96.9 Å². The van der Waals surface area contributed by atoms with Crippen molar-refractivity contribution in [2.45, 2.75) is 96.6 Å². The van der Waals surface area contributed by atoms with Crippen molar-refractivity contribution >= 4 is 17.5 Å². The second kappa shape index (κ2) is 18.3. The molecular formula is C46H50ClN5O4. The molecule has 3 atom stereocenters. The van der Waals surface area contributed by atoms with Crippen LogP contribution in [-0.4, -0.2) is 49.1 Å². The minimum absolute atomic E-state index is 0.0647. The summed E-state index contributed by atoms with van der Waals surface area (Å²) in [5.41, 5.74) is 8.28. The topological polar surface area (TPSA) is 120 Å². The average Bonchev–Trinajstić information content (AvgIpc) is 3.63. The molecule has 2 N–H and O–H groups in total. The fourth-order valence-electron chi connectivity index (χ4n) is 8.31. The molecule has 2 saturated heterocycles. The molecule has 0 aromatic heterocycles. The summed E-state index contributed by atoms with van der Waals surface area (Å²) in [5, 5.41) is 26.0. The van der Waals surface area contributed by atoms with E-state index in [1.165, 1.54) is 42.5 Å². The smallest absolute Gasteiger partial charge is 0.220 e. The lowest BCUT2D eigenvalue weighted by molar-refractivity contribution is -0.122. The van der Waals surface area contributed by atoms with E-state index in [9.17, 15) is 15.3 Å². The standard InChI is InChI=1S/C46H50ClN5O4/c1-30-8-3-4-17-52(30)18-7-19-54-42-12-6-9-37(31(42)2)38-10-5-11-40-39(38)14-15-43(40)56-45-24-44(55-29-34-21-32(25-48)20-33(22-34)26-49)35(23-41(45)47)27-50-36-13-16-46(53)51-28-36/h5-6,9-12,20-24,30,36,43,50H,3-4,7-8,13-19,27-29H2,1-2H3,(H,51,53)/t30-,36-,43-/m0/s1. The molecule has 4 aromatic carbocycles. The van der Waals surface area contributed by atoms with E-state index in [1.54, 1.807) is 18.2 Å². The minimum atomic E-state index is -0.201. The molecule has 10 heteroatoms. The van der Waals surface area contributed by atoms with E-state index in [0.29, 0.717) is 65.4 Å². The third-order valence-electron chi connectivity index (χ3n) is 11.5. The van der Waals surface area contributed by atoms with E-state index in [1.807, 2.05) is 12.1 Å². The van der Waals surface area contributed by atoms with Gasteiger partial charge >= 0.3 is 0 Å². The van der Waals surface area contributed by atoms with Gasteiger partial charge in [0.15, 0.2) is 0 Å². The quantitative estimate of drug-likeness (QED) is 0.122. The lowest BCUT2D eigenvalue weighted by Crippen LogP contribution is -2.45. The van der Waals surface area contributed by atoms with Crippen molar-refractivity contribution < 1.29 is 19.0 Å². The largest absolute Gasteiger partial charge is 0.493 e. The number of likely N-dealkylation sites (tertiary alicyclic amines) is 1. The van der Waals surface area contributed by atoms with E-state index in [2.05, 4.69) is 77.9 Å². The van der Waals surface area contributed by atoms with Crippen LogP contribution in [0.15, 0.2) is 66.7 Å². The van der Waals surface area contributed by atoms with E-state index >= 15 is 0 Å². The zero-order valence-corrected chi connectivity index (χ0v) is 33.1. The van der Waals surface area contributed by atoms with Crippen molar-refractivity contribution in [1.29, 1.82) is 10.5 Å². The molecule has 3 aliphatic rings. The van der Waals surface area contributed by atoms with Gasteiger partial charge in [-0.15, -0.1) is 0 Å². The van der Waals surface area contributed by atoms with Gasteiger partial charge < -0.3 is 29.7 Å². The molecule has 0 unspecified atom stereocenters. The van der Waals surface area contributed by atoms with Crippen molar-refractivity contribution in [3.05, 3.63) is 111 Å². The number of carbonyl (C=O) groups excluding carboxylic acids is 1. The number of halogens is 1. The normalized spacial score (nSPS) is 19.4. The first kappa shape index (κ1) is 39.2. The predicted octanol–water partition coefficient (Wildman–Crippen LogP) is 8.72. The number of fused-ring (bicyclic) bond motifs is 1. The summed E-state index contributed by atoms with van der Waals surface area (Å²) < 4.78 is 19.5. The Balaban J connectivity index is 1.08. The molecule has 4 aromatic rings. The number of carbonyl (C=O) groups is 1. The van der Waals surface area contributed by atoms with Gasteiger partial charge in [0.05, 0.1) is 34.9 Å². The first-order chi connectivity index (χ1) is 27.3. The Hall–Kier alpha value is -5.06. The molecule has 2 fully saturated rings. The number of nitriles is 2. The Bertz CT molecular complexity index is 2100. The number of amides is 1. The van der Waals surface area contributed by atoms with Crippen molar-refractivity contribution in [3.63, 3.8) is 0 Å². The summed E-state index contributed by atoms with van der Waals surface area (Å²) in [5.74, 6) is 2.10. The molecule has 7 rings (SSSR count). The number of ether oxygens (including phenoxy) is 3. The molecule has 290 valence electrons. The first-order valence-corrected chi connectivity index (χ1v) is 20.3. The first-order valence-electron chi connectivity index (χ1n) is 19.9. The van der Waals surface area contributed by atoms with Gasteiger partial charge in [-0.05, 0) is 123 Å². The maximum Gasteiger partial charge on any atom is 0.220 e. The van der Waals surface area contributed by atoms with Crippen molar-refractivity contribution in [2.24, 2.45) is 0 Å². The summed E-state index contributed by atoms with van der Waals surface area (Å²) >= 11 is 6.96. The number of rotatable bonds is 14. The maximum atomic E-state index is 11.7. The number of benzene rings is 4. The molecule has 0 bridgehead atoms. The van der Waals surface area contributed by atoms with Crippen LogP contribution in [0.25, 0.3) is 11.1 Å². The third-order valence-corrected chi connectivity index (χ3v) is 11.7. The third kappa shape index (κ3) is 9.31. The van der Waals surface area contributed by atoms with Crippen LogP contribution in [0, 0.1) is 29.6 Å². The van der Waals surface area contributed by atoms with E-state index in [-0.39, 0.29) is 24.7 Å². The Kier molecular flexibility index (Phi) is 12.8. The molecule has 1 aliphatic carbocycles. The van der Waals surface area contributed by atoms with Crippen LogP contribution >= 0.6 is 11.6 Å². The summed E-state index contributed by atoms with van der Waals surface area (Å²) in [6.07, 6.45) is 7.62. The van der Waals surface area contributed by atoms with Gasteiger partial charge in [0, 0.05) is 49.8 Å². The number of nitrogens with one attached hydrogen (secondary N) is 2. The number of hydrogen-bond donors (Lipinski definition) is 2. The summed E-state index contributed by atoms with van der Waals surface area (Å²) in [6, 6.07) is 26.6. The number of hydrogen-bond acceptors (Lipinski definition) is 8. The van der Waals surface area contributed by atoms with Gasteiger partial charge in [0.25, 0.3) is 0 Å². The monoisotopic (exact) mass is 771 g/mol. The summed E-state index contributed by atoms with van der Waals surface area (Å²) in [7, 11) is 0. The van der Waals surface area contributed by atoms with E-state index < -0.39 is 0 Å². The van der Waals surface area contributed by atoms with Crippen LogP contribution in [0.3, 0.4) is 0 Å². The molecule has 2 heterocycles. The Labute approximate surface area is 335 Å². The van der Waals surface area contributed by atoms with Gasteiger partial charge in [-0.1, -0.05) is 48.4 Å². The molecule has 2 aliphatic heterocycles. The number of piperidine rings is 2. The van der Waals surface area contributed by atoms with Crippen molar-refractivity contribution in [1.82, 2.24) is 15.5 Å². The molecule has 0 saturated carbocycles. The maximum absolute atomic E-state index is 11.7. The highest BCUT2D eigenvalue weighted by Gasteiger charge is 2.29. The predicted molar refractivity (Wildman–Crippen MR) is 218 cm³/mol. The van der Waals surface area contributed by atoms with Crippen LogP contribution < -0.4 is 24.8 Å². The van der Waals surface area contributed by atoms with Gasteiger partial charge in [-0.3, -0.25) is 4.79 Å². The average molecular weight is 772 g/mol. The lowest BCUT2D eigenvalue weighted by atomic mass is 9.93. The van der Waals surface area contributed by atoms with Gasteiger partial charge in [0.1, 0.15) is 30.0 Å². The number of nitrogens with zero attached hydrogens (tertiary/aromatic N) is 3. The second-order valence-electron chi connectivity index (χ2n) is 15.3. The van der Waals surface area contributed by atoms with Crippen LogP contribution in [0.5, 0.6) is 17.2 Å².